The Kier molecular flexibility index (Phi) is 2.78. The van der Waals surface area contributed by atoms with E-state index in [1.54, 1.807) is 24.5 Å². The molecule has 3 rings (SSSR count). The molecule has 18 heavy (non-hydrogen) atoms. The Morgan fingerprint density at radius 1 is 1.11 bits per heavy atom. The smallest absolute Gasteiger partial charge is 0.221 e. The van der Waals surface area contributed by atoms with Crippen molar-refractivity contribution in [3.8, 4) is 11.5 Å². The maximum absolute atomic E-state index is 12.1. The van der Waals surface area contributed by atoms with E-state index in [9.17, 15) is 4.79 Å². The Bertz CT molecular complexity index is 656. The predicted octanol–water partition coefficient (Wildman–Crippen LogP) is 3.63. The van der Waals surface area contributed by atoms with Gasteiger partial charge in [-0.2, -0.15) is 0 Å². The van der Waals surface area contributed by atoms with Crippen molar-refractivity contribution in [3.63, 3.8) is 0 Å². The number of hydrogen-bond donors (Lipinski definition) is 0. The maximum Gasteiger partial charge on any atom is 0.221 e. The van der Waals surface area contributed by atoms with Crippen LogP contribution in [0.15, 0.2) is 58.5 Å². The number of nitrogens with zero attached hydrogens (tertiary/aromatic N) is 1. The van der Waals surface area contributed by atoms with Crippen LogP contribution in [0.4, 0.5) is 0 Å². The maximum atomic E-state index is 12.1. The van der Waals surface area contributed by atoms with Gasteiger partial charge in [-0.05, 0) is 12.1 Å². The van der Waals surface area contributed by atoms with Crippen molar-refractivity contribution in [2.45, 2.75) is 0 Å². The molecule has 0 aliphatic carbocycles. The summed E-state index contributed by atoms with van der Waals surface area (Å²) in [6.45, 7) is 0. The summed E-state index contributed by atoms with van der Waals surface area (Å²) in [5.41, 5.74) is 1.35. The summed E-state index contributed by atoms with van der Waals surface area (Å²) < 4.78 is 5.25. The summed E-state index contributed by atoms with van der Waals surface area (Å²) in [4.78, 5) is 16.5. The van der Waals surface area contributed by atoms with Gasteiger partial charge in [0.15, 0.2) is 10.8 Å². The highest BCUT2D eigenvalue weighted by Crippen LogP contribution is 2.23. The number of thiazole rings is 1. The number of furan rings is 1. The van der Waals surface area contributed by atoms with Crippen LogP contribution in [0.5, 0.6) is 0 Å². The van der Waals surface area contributed by atoms with Crippen molar-refractivity contribution in [1.29, 1.82) is 0 Å². The molecular weight excluding hydrogens is 246 g/mol. The van der Waals surface area contributed by atoms with Crippen LogP contribution in [0.2, 0.25) is 0 Å². The normalized spacial score (nSPS) is 10.4. The van der Waals surface area contributed by atoms with Gasteiger partial charge in [0.05, 0.1) is 6.26 Å². The molecule has 0 saturated carbocycles. The van der Waals surface area contributed by atoms with Gasteiger partial charge in [0.2, 0.25) is 5.78 Å². The zero-order valence-electron chi connectivity index (χ0n) is 9.37. The second-order valence-electron chi connectivity index (χ2n) is 3.71. The van der Waals surface area contributed by atoms with Gasteiger partial charge in [-0.15, -0.1) is 11.3 Å². The van der Waals surface area contributed by atoms with Gasteiger partial charge in [-0.3, -0.25) is 4.79 Å². The number of aromatic nitrogens is 1. The van der Waals surface area contributed by atoms with E-state index in [4.69, 9.17) is 4.42 Å². The third kappa shape index (κ3) is 1.98. The number of hydrogen-bond acceptors (Lipinski definition) is 4. The van der Waals surface area contributed by atoms with Crippen molar-refractivity contribution in [2.24, 2.45) is 0 Å². The highest BCUT2D eigenvalue weighted by molar-refractivity contribution is 7.12. The molecule has 0 atom stereocenters. The highest BCUT2D eigenvalue weighted by Gasteiger charge is 2.14. The molecule has 88 valence electrons. The standard InChI is InChI=1S/C14H9NO2S/c16-13(10-5-2-1-3-6-10)14-15-11(9-18-14)12-7-4-8-17-12/h1-9H. The summed E-state index contributed by atoms with van der Waals surface area (Å²) in [5, 5.41) is 2.31. The Morgan fingerprint density at radius 2 is 1.94 bits per heavy atom. The van der Waals surface area contributed by atoms with Crippen LogP contribution in [-0.2, 0) is 0 Å². The van der Waals surface area contributed by atoms with Crippen molar-refractivity contribution in [1.82, 2.24) is 4.98 Å². The van der Waals surface area contributed by atoms with Crippen molar-refractivity contribution >= 4 is 17.1 Å². The molecule has 0 amide bonds. The van der Waals surface area contributed by atoms with E-state index in [0.717, 1.165) is 0 Å². The number of rotatable bonds is 3. The first-order chi connectivity index (χ1) is 8.84. The first kappa shape index (κ1) is 10.9. The average molecular weight is 255 g/mol. The summed E-state index contributed by atoms with van der Waals surface area (Å²) in [6, 6.07) is 12.8. The minimum absolute atomic E-state index is 0.0570. The fourth-order valence-electron chi connectivity index (χ4n) is 1.63. The lowest BCUT2D eigenvalue weighted by Crippen LogP contribution is -1.99. The molecule has 3 nitrogen and oxygen atoms in total. The van der Waals surface area contributed by atoms with E-state index < -0.39 is 0 Å². The van der Waals surface area contributed by atoms with Gasteiger partial charge in [-0.25, -0.2) is 4.98 Å². The van der Waals surface area contributed by atoms with E-state index in [0.29, 0.717) is 22.0 Å². The van der Waals surface area contributed by atoms with Crippen LogP contribution in [0.3, 0.4) is 0 Å². The Balaban J connectivity index is 1.93. The second-order valence-corrected chi connectivity index (χ2v) is 4.57. The van der Waals surface area contributed by atoms with E-state index in [1.807, 2.05) is 29.6 Å². The minimum Gasteiger partial charge on any atom is -0.463 e. The first-order valence-electron chi connectivity index (χ1n) is 5.44. The molecule has 0 N–H and O–H groups in total. The van der Waals surface area contributed by atoms with Gasteiger partial charge < -0.3 is 4.42 Å². The summed E-state index contributed by atoms with van der Waals surface area (Å²) >= 11 is 1.33. The van der Waals surface area contributed by atoms with Gasteiger partial charge >= 0.3 is 0 Å². The molecule has 3 aromatic rings. The minimum atomic E-state index is -0.0570. The molecular formula is C14H9NO2S. The lowest BCUT2D eigenvalue weighted by Gasteiger charge is -1.95. The molecule has 2 heterocycles. The van der Waals surface area contributed by atoms with Crippen LogP contribution in [0.25, 0.3) is 11.5 Å². The average Bonchev–Trinajstić information content (AvgIpc) is 3.09. The van der Waals surface area contributed by atoms with E-state index >= 15 is 0 Å². The molecule has 4 heteroatoms. The monoisotopic (exact) mass is 255 g/mol. The molecule has 0 radical (unpaired) electrons. The first-order valence-corrected chi connectivity index (χ1v) is 6.32. The second kappa shape index (κ2) is 4.58. The molecule has 0 spiro atoms. The van der Waals surface area contributed by atoms with Crippen molar-refractivity contribution in [2.75, 3.05) is 0 Å². The molecule has 0 bridgehead atoms. The van der Waals surface area contributed by atoms with E-state index in [2.05, 4.69) is 4.98 Å². The summed E-state index contributed by atoms with van der Waals surface area (Å²) in [5.74, 6) is 0.622. The summed E-state index contributed by atoms with van der Waals surface area (Å²) in [7, 11) is 0. The predicted molar refractivity (Wildman–Crippen MR) is 69.7 cm³/mol. The zero-order valence-corrected chi connectivity index (χ0v) is 10.2. The third-order valence-electron chi connectivity index (χ3n) is 2.51. The fourth-order valence-corrected chi connectivity index (χ4v) is 2.40. The van der Waals surface area contributed by atoms with Gasteiger partial charge in [0.1, 0.15) is 5.69 Å². The molecule has 2 aromatic heterocycles. The van der Waals surface area contributed by atoms with Crippen molar-refractivity contribution < 1.29 is 9.21 Å². The topological polar surface area (TPSA) is 43.1 Å². The molecule has 1 aromatic carbocycles. The van der Waals surface area contributed by atoms with Crippen LogP contribution in [0.1, 0.15) is 15.4 Å². The number of benzene rings is 1. The van der Waals surface area contributed by atoms with Crippen LogP contribution < -0.4 is 0 Å². The van der Waals surface area contributed by atoms with E-state index in [1.165, 1.54) is 11.3 Å². The largest absolute Gasteiger partial charge is 0.463 e. The lowest BCUT2D eigenvalue weighted by atomic mass is 10.1. The quantitative estimate of drug-likeness (QED) is 0.671. The Hall–Kier alpha value is -2.20. The number of carbonyl (C=O) groups is 1. The fraction of sp³-hybridized carbons (Fsp3) is 0. The van der Waals surface area contributed by atoms with Gasteiger partial charge in [-0.1, -0.05) is 30.3 Å². The molecule has 0 saturated heterocycles. The highest BCUT2D eigenvalue weighted by atomic mass is 32.1. The van der Waals surface area contributed by atoms with Crippen LogP contribution >= 0.6 is 11.3 Å². The van der Waals surface area contributed by atoms with E-state index in [-0.39, 0.29) is 5.78 Å². The molecule has 0 aliphatic rings. The Morgan fingerprint density at radius 3 is 2.67 bits per heavy atom. The molecule has 0 unspecified atom stereocenters. The van der Waals surface area contributed by atoms with Crippen LogP contribution in [-0.4, -0.2) is 10.8 Å². The number of carbonyl (C=O) groups excluding carboxylic acids is 1. The Labute approximate surface area is 108 Å². The van der Waals surface area contributed by atoms with Gasteiger partial charge in [0.25, 0.3) is 0 Å². The lowest BCUT2D eigenvalue weighted by molar-refractivity contribution is 0.103. The SMILES string of the molecule is O=C(c1ccccc1)c1nc(-c2ccco2)cs1. The molecule has 0 fully saturated rings. The molecule has 0 aliphatic heterocycles. The zero-order chi connectivity index (χ0) is 12.4. The summed E-state index contributed by atoms with van der Waals surface area (Å²) in [6.07, 6.45) is 1.59. The number of ketones is 1. The van der Waals surface area contributed by atoms with Crippen molar-refractivity contribution in [3.05, 3.63) is 64.7 Å². The van der Waals surface area contributed by atoms with Gasteiger partial charge in [0, 0.05) is 10.9 Å². The third-order valence-corrected chi connectivity index (χ3v) is 3.35. The van der Waals surface area contributed by atoms with Crippen LogP contribution in [0, 0.1) is 0 Å².